The van der Waals surface area contributed by atoms with Crippen LogP contribution in [0.4, 0.5) is 10.1 Å². The molecule has 0 fully saturated rings. The van der Waals surface area contributed by atoms with E-state index in [2.05, 4.69) is 10.3 Å². The minimum Gasteiger partial charge on any atom is -0.462 e. The third-order valence-electron chi connectivity index (χ3n) is 3.96. The number of benzene rings is 2. The molecule has 0 spiro atoms. The van der Waals surface area contributed by atoms with Gasteiger partial charge in [0.2, 0.25) is 5.91 Å². The topological polar surface area (TPSA) is 68.3 Å². The zero-order valence-corrected chi connectivity index (χ0v) is 16.1. The van der Waals surface area contributed by atoms with Crippen molar-refractivity contribution in [1.29, 1.82) is 0 Å². The number of nitrogens with one attached hydrogen (secondary N) is 1. The summed E-state index contributed by atoms with van der Waals surface area (Å²) in [6.45, 7) is 1.98. The van der Waals surface area contributed by atoms with Gasteiger partial charge in [-0.2, -0.15) is 0 Å². The van der Waals surface area contributed by atoms with Crippen LogP contribution in [0.15, 0.2) is 53.9 Å². The number of carbonyl (C=O) groups is 2. The van der Waals surface area contributed by atoms with Crippen molar-refractivity contribution in [1.82, 2.24) is 4.98 Å². The lowest BCUT2D eigenvalue weighted by Crippen LogP contribution is -2.16. The fourth-order valence-electron chi connectivity index (χ4n) is 2.61. The first-order valence-corrected chi connectivity index (χ1v) is 9.71. The van der Waals surface area contributed by atoms with E-state index >= 15 is 0 Å². The van der Waals surface area contributed by atoms with E-state index in [1.807, 2.05) is 5.38 Å². The Kier molecular flexibility index (Phi) is 6.49. The van der Waals surface area contributed by atoms with E-state index in [9.17, 15) is 14.0 Å². The largest absolute Gasteiger partial charge is 0.462 e. The summed E-state index contributed by atoms with van der Waals surface area (Å²) in [4.78, 5) is 28.7. The lowest BCUT2D eigenvalue weighted by molar-refractivity contribution is -0.116. The van der Waals surface area contributed by atoms with Crippen LogP contribution in [-0.4, -0.2) is 23.5 Å². The molecule has 2 aromatic carbocycles. The minimum absolute atomic E-state index is 0.192. The summed E-state index contributed by atoms with van der Waals surface area (Å²) in [7, 11) is 0. The summed E-state index contributed by atoms with van der Waals surface area (Å²) in [6, 6.07) is 13.2. The van der Waals surface area contributed by atoms with Crippen molar-refractivity contribution in [2.45, 2.75) is 19.8 Å². The molecule has 28 heavy (non-hydrogen) atoms. The van der Waals surface area contributed by atoms with Crippen molar-refractivity contribution in [2.24, 2.45) is 0 Å². The van der Waals surface area contributed by atoms with Crippen LogP contribution in [0, 0.1) is 5.82 Å². The van der Waals surface area contributed by atoms with Crippen molar-refractivity contribution in [3.05, 3.63) is 71.0 Å². The maximum Gasteiger partial charge on any atom is 0.340 e. The number of aromatic nitrogens is 1. The number of ether oxygens (including phenoxy) is 1. The molecular formula is C21H19FN2O3S. The monoisotopic (exact) mass is 398 g/mol. The third-order valence-corrected chi connectivity index (χ3v) is 4.89. The molecule has 0 aliphatic rings. The number of nitrogens with zero attached hydrogens (tertiary/aromatic N) is 1. The average molecular weight is 398 g/mol. The van der Waals surface area contributed by atoms with Crippen molar-refractivity contribution in [3.63, 3.8) is 0 Å². The summed E-state index contributed by atoms with van der Waals surface area (Å²) in [6.07, 6.45) is 0.607. The quantitative estimate of drug-likeness (QED) is 0.586. The second-order valence-corrected chi connectivity index (χ2v) is 6.80. The van der Waals surface area contributed by atoms with E-state index < -0.39 is 5.97 Å². The summed E-state index contributed by atoms with van der Waals surface area (Å²) in [5, 5.41) is 5.15. The highest BCUT2D eigenvalue weighted by molar-refractivity contribution is 7.13. The number of hydrogen-bond donors (Lipinski definition) is 1. The number of halogens is 1. The van der Waals surface area contributed by atoms with Gasteiger partial charge in [0, 0.05) is 17.4 Å². The lowest BCUT2D eigenvalue weighted by atomic mass is 10.1. The number of carbonyl (C=O) groups excluding carboxylic acids is 2. The molecule has 3 rings (SSSR count). The van der Waals surface area contributed by atoms with Gasteiger partial charge in [0.05, 0.1) is 23.6 Å². The molecule has 0 unspecified atom stereocenters. The molecule has 0 saturated heterocycles. The molecule has 5 nitrogen and oxygen atoms in total. The Morgan fingerprint density at radius 1 is 1.14 bits per heavy atom. The number of anilines is 1. The molecular weight excluding hydrogens is 379 g/mol. The van der Waals surface area contributed by atoms with Gasteiger partial charge in [-0.25, -0.2) is 14.2 Å². The van der Waals surface area contributed by atoms with Crippen molar-refractivity contribution in [3.8, 4) is 10.6 Å². The van der Waals surface area contributed by atoms with Crippen molar-refractivity contribution in [2.75, 3.05) is 11.9 Å². The van der Waals surface area contributed by atoms with Gasteiger partial charge in [0.15, 0.2) is 0 Å². The summed E-state index contributed by atoms with van der Waals surface area (Å²) in [5.41, 5.74) is 1.90. The molecule has 0 aliphatic heterocycles. The first-order chi connectivity index (χ1) is 13.6. The van der Waals surface area contributed by atoms with Gasteiger partial charge >= 0.3 is 5.97 Å². The van der Waals surface area contributed by atoms with Crippen LogP contribution >= 0.6 is 11.3 Å². The standard InChI is InChI=1S/C21H19FN2O3S/c1-2-27-21(26)16-8-4-6-10-18(16)24-19(25)12-11-14-13-28-20(23-14)15-7-3-5-9-17(15)22/h3-10,13H,2,11-12H2,1H3,(H,24,25). The normalized spacial score (nSPS) is 10.5. The number of rotatable bonds is 7. The molecule has 7 heteroatoms. The zero-order chi connectivity index (χ0) is 19.9. The third kappa shape index (κ3) is 4.80. The van der Waals surface area contributed by atoms with Crippen LogP contribution in [0.25, 0.3) is 10.6 Å². The number of esters is 1. The Balaban J connectivity index is 1.62. The molecule has 0 bridgehead atoms. The maximum atomic E-state index is 13.9. The van der Waals surface area contributed by atoms with Crippen LogP contribution in [0.3, 0.4) is 0 Å². The lowest BCUT2D eigenvalue weighted by Gasteiger charge is -2.10. The Labute approximate surface area is 166 Å². The number of para-hydroxylation sites is 1. The Morgan fingerprint density at radius 3 is 2.68 bits per heavy atom. The summed E-state index contributed by atoms with van der Waals surface area (Å²) < 4.78 is 18.9. The molecule has 3 aromatic rings. The smallest absolute Gasteiger partial charge is 0.340 e. The molecule has 1 N–H and O–H groups in total. The highest BCUT2D eigenvalue weighted by Gasteiger charge is 2.15. The van der Waals surface area contributed by atoms with Gasteiger partial charge in [0.25, 0.3) is 0 Å². The molecule has 0 radical (unpaired) electrons. The Morgan fingerprint density at radius 2 is 1.89 bits per heavy atom. The first-order valence-electron chi connectivity index (χ1n) is 8.83. The second kappa shape index (κ2) is 9.23. The van der Waals surface area contributed by atoms with Crippen LogP contribution in [0.5, 0.6) is 0 Å². The van der Waals surface area contributed by atoms with E-state index in [0.717, 1.165) is 5.69 Å². The Bertz CT molecular complexity index is 987. The molecule has 1 heterocycles. The van der Waals surface area contributed by atoms with E-state index in [-0.39, 0.29) is 24.8 Å². The summed E-state index contributed by atoms with van der Waals surface area (Å²) in [5.74, 6) is -1.04. The van der Waals surface area contributed by atoms with Crippen molar-refractivity contribution < 1.29 is 18.7 Å². The highest BCUT2D eigenvalue weighted by Crippen LogP contribution is 2.26. The fraction of sp³-hybridized carbons (Fsp3) is 0.190. The number of hydrogen-bond acceptors (Lipinski definition) is 5. The predicted molar refractivity (Wildman–Crippen MR) is 107 cm³/mol. The van der Waals surface area contributed by atoms with Crippen molar-refractivity contribution >= 4 is 28.9 Å². The SMILES string of the molecule is CCOC(=O)c1ccccc1NC(=O)CCc1csc(-c2ccccc2F)n1. The second-order valence-electron chi connectivity index (χ2n) is 5.94. The van der Waals surface area contributed by atoms with E-state index in [4.69, 9.17) is 4.74 Å². The van der Waals surface area contributed by atoms with Crippen LogP contribution in [0.2, 0.25) is 0 Å². The van der Waals surface area contributed by atoms with Gasteiger partial charge in [-0.3, -0.25) is 4.79 Å². The highest BCUT2D eigenvalue weighted by atomic mass is 32.1. The number of aryl methyl sites for hydroxylation is 1. The van der Waals surface area contributed by atoms with Gasteiger partial charge in [-0.15, -0.1) is 11.3 Å². The molecule has 1 aromatic heterocycles. The van der Waals surface area contributed by atoms with Gasteiger partial charge in [-0.05, 0) is 37.6 Å². The first kappa shape index (κ1) is 19.7. The van der Waals surface area contributed by atoms with Gasteiger partial charge < -0.3 is 10.1 Å². The average Bonchev–Trinajstić information content (AvgIpc) is 3.16. The summed E-state index contributed by atoms with van der Waals surface area (Å²) >= 11 is 1.34. The molecule has 1 amide bonds. The van der Waals surface area contributed by atoms with Crippen LogP contribution < -0.4 is 5.32 Å². The van der Waals surface area contributed by atoms with E-state index in [1.54, 1.807) is 49.4 Å². The number of thiazole rings is 1. The maximum absolute atomic E-state index is 13.9. The zero-order valence-electron chi connectivity index (χ0n) is 15.3. The number of amides is 1. The molecule has 144 valence electrons. The van der Waals surface area contributed by atoms with E-state index in [1.165, 1.54) is 17.4 Å². The van der Waals surface area contributed by atoms with Crippen LogP contribution in [0.1, 0.15) is 29.4 Å². The molecule has 0 atom stereocenters. The minimum atomic E-state index is -0.479. The molecule has 0 saturated carbocycles. The molecule has 0 aliphatic carbocycles. The Hall–Kier alpha value is -3.06. The van der Waals surface area contributed by atoms with Gasteiger partial charge in [-0.1, -0.05) is 24.3 Å². The predicted octanol–water partition coefficient (Wildman–Crippen LogP) is 4.70. The van der Waals surface area contributed by atoms with Gasteiger partial charge in [0.1, 0.15) is 10.8 Å². The van der Waals surface area contributed by atoms with Crippen LogP contribution in [-0.2, 0) is 16.0 Å². The van der Waals surface area contributed by atoms with E-state index in [0.29, 0.717) is 28.2 Å². The fourth-order valence-corrected chi connectivity index (χ4v) is 3.49.